The molecule has 1 heterocycles. The van der Waals surface area contributed by atoms with Crippen LogP contribution in [0.25, 0.3) is 0 Å². The lowest BCUT2D eigenvalue weighted by Gasteiger charge is -2.36. The fourth-order valence-corrected chi connectivity index (χ4v) is 3.58. The molecular weight excluding hydrogens is 228 g/mol. The molecular formula is C14H20N2S. The molecule has 1 fully saturated rings. The van der Waals surface area contributed by atoms with Gasteiger partial charge in [-0.2, -0.15) is 5.26 Å². The van der Waals surface area contributed by atoms with Gasteiger partial charge in [0.1, 0.15) is 0 Å². The fourth-order valence-electron chi connectivity index (χ4n) is 2.82. The molecule has 0 unspecified atom stereocenters. The van der Waals surface area contributed by atoms with Crippen LogP contribution < -0.4 is 0 Å². The Morgan fingerprint density at radius 2 is 2.24 bits per heavy atom. The Labute approximate surface area is 108 Å². The van der Waals surface area contributed by atoms with Crippen LogP contribution in [0.15, 0.2) is 11.6 Å². The van der Waals surface area contributed by atoms with E-state index in [1.54, 1.807) is 11.3 Å². The third kappa shape index (κ3) is 2.87. The Balaban J connectivity index is 2.01. The summed E-state index contributed by atoms with van der Waals surface area (Å²) in [7, 11) is 0. The molecule has 92 valence electrons. The quantitative estimate of drug-likeness (QED) is 0.809. The second-order valence-electron chi connectivity index (χ2n) is 5.58. The van der Waals surface area contributed by atoms with E-state index in [9.17, 15) is 5.26 Å². The lowest BCUT2D eigenvalue weighted by Crippen LogP contribution is -2.30. The van der Waals surface area contributed by atoms with Crippen LogP contribution in [0.1, 0.15) is 44.5 Å². The number of hydrogen-bond donors (Lipinski definition) is 0. The minimum absolute atomic E-state index is 0.136. The molecule has 0 amide bonds. The monoisotopic (exact) mass is 248 g/mol. The molecule has 1 aliphatic carbocycles. The topological polar surface area (TPSA) is 36.7 Å². The average molecular weight is 248 g/mol. The molecule has 1 aliphatic rings. The highest BCUT2D eigenvalue weighted by atomic mass is 32.1. The highest BCUT2D eigenvalue weighted by molar-refractivity contribution is 7.09. The average Bonchev–Trinajstić information content (AvgIpc) is 2.82. The van der Waals surface area contributed by atoms with Crippen LogP contribution >= 0.6 is 11.3 Å². The zero-order chi connectivity index (χ0) is 12.3. The van der Waals surface area contributed by atoms with Crippen molar-refractivity contribution in [3.63, 3.8) is 0 Å². The van der Waals surface area contributed by atoms with Gasteiger partial charge in [0, 0.05) is 18.0 Å². The van der Waals surface area contributed by atoms with E-state index in [1.165, 1.54) is 12.8 Å². The van der Waals surface area contributed by atoms with Crippen molar-refractivity contribution in [1.82, 2.24) is 4.98 Å². The van der Waals surface area contributed by atoms with Gasteiger partial charge < -0.3 is 0 Å². The first kappa shape index (κ1) is 12.6. The highest BCUT2D eigenvalue weighted by Crippen LogP contribution is 2.43. The van der Waals surface area contributed by atoms with Crippen molar-refractivity contribution in [1.29, 1.82) is 5.26 Å². The van der Waals surface area contributed by atoms with Crippen molar-refractivity contribution in [3.05, 3.63) is 16.6 Å². The van der Waals surface area contributed by atoms with Gasteiger partial charge in [0.25, 0.3) is 0 Å². The van der Waals surface area contributed by atoms with Gasteiger partial charge >= 0.3 is 0 Å². The minimum Gasteiger partial charge on any atom is -0.250 e. The molecule has 2 rings (SSSR count). The molecule has 1 saturated carbocycles. The molecule has 0 saturated heterocycles. The molecule has 0 radical (unpaired) electrons. The van der Waals surface area contributed by atoms with Crippen LogP contribution in [-0.4, -0.2) is 4.98 Å². The summed E-state index contributed by atoms with van der Waals surface area (Å²) in [5, 5.41) is 12.6. The molecule has 3 heteroatoms. The third-order valence-electron chi connectivity index (χ3n) is 4.14. The Kier molecular flexibility index (Phi) is 3.83. The summed E-state index contributed by atoms with van der Waals surface area (Å²) in [6, 6.07) is 2.58. The van der Waals surface area contributed by atoms with Crippen molar-refractivity contribution >= 4 is 11.3 Å². The summed E-state index contributed by atoms with van der Waals surface area (Å²) in [5.74, 6) is 1.57. The molecule has 1 aromatic heterocycles. The first-order valence-corrected chi connectivity index (χ1v) is 7.33. The fraction of sp³-hybridized carbons (Fsp3) is 0.714. The first-order chi connectivity index (χ1) is 8.15. The maximum Gasteiger partial charge on any atom is 0.0940 e. The van der Waals surface area contributed by atoms with Gasteiger partial charge in [0.05, 0.1) is 16.5 Å². The van der Waals surface area contributed by atoms with Crippen LogP contribution in [0.2, 0.25) is 0 Å². The Hall–Kier alpha value is -0.880. The predicted octanol–water partition coefficient (Wildman–Crippen LogP) is 4.04. The summed E-state index contributed by atoms with van der Waals surface area (Å²) in [6.45, 7) is 4.59. The number of nitrogens with zero attached hydrogens (tertiary/aromatic N) is 2. The van der Waals surface area contributed by atoms with Gasteiger partial charge in [-0.25, -0.2) is 4.98 Å². The van der Waals surface area contributed by atoms with Crippen molar-refractivity contribution in [2.45, 2.75) is 46.0 Å². The van der Waals surface area contributed by atoms with Gasteiger partial charge in [-0.1, -0.05) is 13.8 Å². The second-order valence-corrected chi connectivity index (χ2v) is 6.56. The summed E-state index contributed by atoms with van der Waals surface area (Å²) in [4.78, 5) is 4.32. The van der Waals surface area contributed by atoms with Crippen LogP contribution in [0.4, 0.5) is 0 Å². The van der Waals surface area contributed by atoms with Gasteiger partial charge in [0.15, 0.2) is 0 Å². The number of thiazole rings is 1. The Morgan fingerprint density at radius 1 is 1.53 bits per heavy atom. The molecule has 0 aromatic carbocycles. The van der Waals surface area contributed by atoms with Gasteiger partial charge in [-0.05, 0) is 37.5 Å². The zero-order valence-corrected chi connectivity index (χ0v) is 11.5. The largest absolute Gasteiger partial charge is 0.250 e. The summed E-state index contributed by atoms with van der Waals surface area (Å²) >= 11 is 1.68. The van der Waals surface area contributed by atoms with Gasteiger partial charge in [-0.15, -0.1) is 11.3 Å². The van der Waals surface area contributed by atoms with E-state index in [1.807, 2.05) is 11.6 Å². The molecule has 0 N–H and O–H groups in total. The van der Waals surface area contributed by atoms with Crippen molar-refractivity contribution in [2.24, 2.45) is 17.3 Å². The van der Waals surface area contributed by atoms with Crippen molar-refractivity contribution < 1.29 is 0 Å². The lowest BCUT2D eigenvalue weighted by molar-refractivity contribution is 0.175. The van der Waals surface area contributed by atoms with Crippen LogP contribution in [0, 0.1) is 28.6 Å². The maximum atomic E-state index is 9.49. The van der Waals surface area contributed by atoms with Crippen molar-refractivity contribution in [2.75, 3.05) is 0 Å². The second kappa shape index (κ2) is 5.18. The van der Waals surface area contributed by atoms with E-state index in [-0.39, 0.29) is 5.41 Å². The SMILES string of the molecule is CC(C)C1CCC(C#N)(Cc2nccs2)CC1. The molecule has 0 spiro atoms. The Morgan fingerprint density at radius 3 is 2.71 bits per heavy atom. The Bertz CT molecular complexity index is 381. The molecule has 0 aliphatic heterocycles. The molecule has 1 aromatic rings. The van der Waals surface area contributed by atoms with E-state index < -0.39 is 0 Å². The van der Waals surface area contributed by atoms with Gasteiger partial charge in [-0.3, -0.25) is 0 Å². The first-order valence-electron chi connectivity index (χ1n) is 6.45. The van der Waals surface area contributed by atoms with Gasteiger partial charge in [0.2, 0.25) is 0 Å². The smallest absolute Gasteiger partial charge is 0.0940 e. The summed E-state index contributed by atoms with van der Waals surface area (Å²) in [6.07, 6.45) is 7.20. The number of hydrogen-bond acceptors (Lipinski definition) is 3. The predicted molar refractivity (Wildman–Crippen MR) is 70.7 cm³/mol. The van der Waals surface area contributed by atoms with Crippen LogP contribution in [0.3, 0.4) is 0 Å². The van der Waals surface area contributed by atoms with E-state index in [0.29, 0.717) is 0 Å². The van der Waals surface area contributed by atoms with Crippen molar-refractivity contribution in [3.8, 4) is 6.07 Å². The standard InChI is InChI=1S/C14H20N2S/c1-11(2)12-3-5-14(10-15,6-4-12)9-13-16-7-8-17-13/h7-8,11-12H,3-6,9H2,1-2H3. The summed E-state index contributed by atoms with van der Waals surface area (Å²) < 4.78 is 0. The van der Waals surface area contributed by atoms with E-state index in [0.717, 1.165) is 36.1 Å². The number of nitriles is 1. The number of aromatic nitrogens is 1. The highest BCUT2D eigenvalue weighted by Gasteiger charge is 2.36. The molecule has 0 atom stereocenters. The number of rotatable bonds is 3. The normalized spacial score (nSPS) is 29.2. The van der Waals surface area contributed by atoms with Crippen LogP contribution in [-0.2, 0) is 6.42 Å². The van der Waals surface area contributed by atoms with E-state index in [4.69, 9.17) is 0 Å². The maximum absolute atomic E-state index is 9.49. The van der Waals surface area contributed by atoms with E-state index in [2.05, 4.69) is 24.9 Å². The van der Waals surface area contributed by atoms with Crippen LogP contribution in [0.5, 0.6) is 0 Å². The lowest BCUT2D eigenvalue weighted by atomic mass is 9.67. The van der Waals surface area contributed by atoms with E-state index >= 15 is 0 Å². The molecule has 2 nitrogen and oxygen atoms in total. The molecule has 17 heavy (non-hydrogen) atoms. The zero-order valence-electron chi connectivity index (χ0n) is 10.6. The third-order valence-corrected chi connectivity index (χ3v) is 4.92. The minimum atomic E-state index is -0.136. The summed E-state index contributed by atoms with van der Waals surface area (Å²) in [5.41, 5.74) is -0.136. The molecule has 0 bridgehead atoms.